The molecule has 0 N–H and O–H groups in total. The first-order chi connectivity index (χ1) is 11.8. The fourth-order valence-electron chi connectivity index (χ4n) is 2.62. The SMILES string of the molecule is O=C1c2ccccc2C(=O)N1CC=C(F)c1ccccc1C(F)(F)F. The summed E-state index contributed by atoms with van der Waals surface area (Å²) < 4.78 is 53.1. The van der Waals surface area contributed by atoms with Crippen LogP contribution in [0.2, 0.25) is 0 Å². The molecule has 2 amide bonds. The summed E-state index contributed by atoms with van der Waals surface area (Å²) in [6.45, 7) is -0.454. The number of fused-ring (bicyclic) bond motifs is 1. The van der Waals surface area contributed by atoms with Crippen molar-refractivity contribution in [3.05, 3.63) is 76.9 Å². The van der Waals surface area contributed by atoms with Crippen molar-refractivity contribution in [3.8, 4) is 0 Å². The van der Waals surface area contributed by atoms with Crippen molar-refractivity contribution in [1.29, 1.82) is 0 Å². The zero-order valence-corrected chi connectivity index (χ0v) is 12.7. The van der Waals surface area contributed by atoms with Gasteiger partial charge in [-0.1, -0.05) is 30.3 Å². The highest BCUT2D eigenvalue weighted by atomic mass is 19.4. The minimum atomic E-state index is -4.71. The molecular weight excluding hydrogens is 338 g/mol. The van der Waals surface area contributed by atoms with Crippen LogP contribution in [0.5, 0.6) is 0 Å². The lowest BCUT2D eigenvalue weighted by molar-refractivity contribution is -0.137. The van der Waals surface area contributed by atoms with Crippen molar-refractivity contribution >= 4 is 17.6 Å². The summed E-state index contributed by atoms with van der Waals surface area (Å²) in [6.07, 6.45) is -3.91. The molecule has 0 spiro atoms. The lowest BCUT2D eigenvalue weighted by Crippen LogP contribution is -2.29. The number of nitrogens with zero attached hydrogens (tertiary/aromatic N) is 1. The molecule has 0 unspecified atom stereocenters. The van der Waals surface area contributed by atoms with Crippen LogP contribution in [0.1, 0.15) is 31.8 Å². The molecule has 1 aliphatic heterocycles. The van der Waals surface area contributed by atoms with E-state index in [1.54, 1.807) is 12.1 Å². The Balaban J connectivity index is 1.87. The van der Waals surface area contributed by atoms with Crippen LogP contribution in [-0.2, 0) is 6.18 Å². The fraction of sp³-hybridized carbons (Fsp3) is 0.111. The van der Waals surface area contributed by atoms with Crippen molar-refractivity contribution < 1.29 is 27.2 Å². The highest BCUT2D eigenvalue weighted by molar-refractivity contribution is 6.21. The summed E-state index contributed by atoms with van der Waals surface area (Å²) in [4.78, 5) is 25.1. The van der Waals surface area contributed by atoms with Crippen LogP contribution in [0, 0.1) is 0 Å². The van der Waals surface area contributed by atoms with Gasteiger partial charge in [-0.15, -0.1) is 0 Å². The number of carbonyl (C=O) groups is 2. The molecular formula is C18H11F4NO2. The molecule has 0 atom stereocenters. The monoisotopic (exact) mass is 349 g/mol. The van der Waals surface area contributed by atoms with Crippen LogP contribution in [-0.4, -0.2) is 23.3 Å². The summed E-state index contributed by atoms with van der Waals surface area (Å²) >= 11 is 0. The molecule has 2 aromatic rings. The third kappa shape index (κ3) is 3.05. The van der Waals surface area contributed by atoms with Crippen molar-refractivity contribution in [1.82, 2.24) is 4.90 Å². The summed E-state index contributed by atoms with van der Waals surface area (Å²) in [5, 5.41) is 0. The van der Waals surface area contributed by atoms with Crippen LogP contribution in [0.25, 0.3) is 5.83 Å². The zero-order valence-electron chi connectivity index (χ0n) is 12.7. The van der Waals surface area contributed by atoms with Gasteiger partial charge < -0.3 is 0 Å². The number of carbonyl (C=O) groups excluding carboxylic acids is 2. The average Bonchev–Trinajstić information content (AvgIpc) is 2.83. The molecule has 1 aliphatic rings. The van der Waals surface area contributed by atoms with Crippen LogP contribution in [0.3, 0.4) is 0 Å². The molecule has 0 aromatic heterocycles. The third-order valence-corrected chi connectivity index (χ3v) is 3.82. The normalized spacial score (nSPS) is 14.9. The molecule has 7 heteroatoms. The van der Waals surface area contributed by atoms with E-state index in [9.17, 15) is 27.2 Å². The van der Waals surface area contributed by atoms with E-state index < -0.39 is 41.5 Å². The summed E-state index contributed by atoms with van der Waals surface area (Å²) in [7, 11) is 0. The van der Waals surface area contributed by atoms with E-state index >= 15 is 0 Å². The Morgan fingerprint density at radius 1 is 0.920 bits per heavy atom. The molecule has 0 bridgehead atoms. The Morgan fingerprint density at radius 2 is 1.44 bits per heavy atom. The van der Waals surface area contributed by atoms with E-state index in [1.165, 1.54) is 18.2 Å². The predicted octanol–water partition coefficient (Wildman–Crippen LogP) is 4.31. The van der Waals surface area contributed by atoms with E-state index in [0.717, 1.165) is 29.2 Å². The highest BCUT2D eigenvalue weighted by Crippen LogP contribution is 2.35. The molecule has 128 valence electrons. The number of amides is 2. The number of halogens is 4. The maximum Gasteiger partial charge on any atom is 0.417 e. The largest absolute Gasteiger partial charge is 0.417 e. The number of alkyl halides is 3. The van der Waals surface area contributed by atoms with E-state index in [1.807, 2.05) is 0 Å². The highest BCUT2D eigenvalue weighted by Gasteiger charge is 2.36. The summed E-state index contributed by atoms with van der Waals surface area (Å²) in [5.74, 6) is -2.35. The minimum absolute atomic E-state index is 0.192. The molecule has 3 nitrogen and oxygen atoms in total. The molecule has 25 heavy (non-hydrogen) atoms. The zero-order chi connectivity index (χ0) is 18.2. The minimum Gasteiger partial charge on any atom is -0.270 e. The first-order valence-corrected chi connectivity index (χ1v) is 7.28. The molecule has 0 fully saturated rings. The van der Waals surface area contributed by atoms with Gasteiger partial charge in [0.05, 0.1) is 23.2 Å². The van der Waals surface area contributed by atoms with Gasteiger partial charge in [-0.3, -0.25) is 14.5 Å². The summed E-state index contributed by atoms with van der Waals surface area (Å²) in [6, 6.07) is 10.3. The maximum atomic E-state index is 14.3. The lowest BCUT2D eigenvalue weighted by atomic mass is 10.1. The van der Waals surface area contributed by atoms with Gasteiger partial charge >= 0.3 is 6.18 Å². The van der Waals surface area contributed by atoms with Gasteiger partial charge in [-0.25, -0.2) is 4.39 Å². The predicted molar refractivity (Wildman–Crippen MR) is 82.3 cm³/mol. The van der Waals surface area contributed by atoms with Gasteiger partial charge in [-0.2, -0.15) is 13.2 Å². The smallest absolute Gasteiger partial charge is 0.270 e. The standard InChI is InChI=1S/C18H11F4NO2/c19-15(13-7-3-4-8-14(13)18(20,21)22)9-10-23-16(24)11-5-1-2-6-12(11)17(23)25/h1-9H,10H2. The second-order valence-electron chi connectivity index (χ2n) is 5.36. The lowest BCUT2D eigenvalue weighted by Gasteiger charge is -2.13. The summed E-state index contributed by atoms with van der Waals surface area (Å²) in [5.41, 5.74) is -1.37. The second-order valence-corrected chi connectivity index (χ2v) is 5.36. The van der Waals surface area contributed by atoms with E-state index in [0.29, 0.717) is 0 Å². The van der Waals surface area contributed by atoms with Crippen LogP contribution in [0.15, 0.2) is 54.6 Å². The number of imide groups is 1. The molecule has 0 radical (unpaired) electrons. The molecule has 3 rings (SSSR count). The van der Waals surface area contributed by atoms with Gasteiger partial charge in [0, 0.05) is 5.56 Å². The fourth-order valence-corrected chi connectivity index (χ4v) is 2.62. The number of rotatable bonds is 3. The molecule has 0 aliphatic carbocycles. The Hall–Kier alpha value is -2.96. The van der Waals surface area contributed by atoms with Crippen molar-refractivity contribution in [2.75, 3.05) is 6.54 Å². The topological polar surface area (TPSA) is 37.4 Å². The second kappa shape index (κ2) is 6.16. The van der Waals surface area contributed by atoms with E-state index in [-0.39, 0.29) is 11.1 Å². The molecule has 2 aromatic carbocycles. The number of hydrogen-bond donors (Lipinski definition) is 0. The van der Waals surface area contributed by atoms with E-state index in [2.05, 4.69) is 0 Å². The van der Waals surface area contributed by atoms with Gasteiger partial charge in [-0.05, 0) is 24.3 Å². The Morgan fingerprint density at radius 3 is 2.00 bits per heavy atom. The Kier molecular flexibility index (Phi) is 4.16. The third-order valence-electron chi connectivity index (χ3n) is 3.82. The van der Waals surface area contributed by atoms with E-state index in [4.69, 9.17) is 0 Å². The first kappa shape index (κ1) is 16.9. The Bertz CT molecular complexity index is 852. The van der Waals surface area contributed by atoms with Gasteiger partial charge in [0.15, 0.2) is 0 Å². The number of hydrogen-bond acceptors (Lipinski definition) is 2. The van der Waals surface area contributed by atoms with Crippen molar-refractivity contribution in [2.45, 2.75) is 6.18 Å². The average molecular weight is 349 g/mol. The quantitative estimate of drug-likeness (QED) is 0.612. The van der Waals surface area contributed by atoms with Gasteiger partial charge in [0.2, 0.25) is 0 Å². The van der Waals surface area contributed by atoms with Crippen molar-refractivity contribution in [3.63, 3.8) is 0 Å². The Labute approximate surface area is 140 Å². The van der Waals surface area contributed by atoms with Gasteiger partial charge in [0.25, 0.3) is 11.8 Å². The molecule has 0 saturated carbocycles. The first-order valence-electron chi connectivity index (χ1n) is 7.28. The molecule has 0 saturated heterocycles. The maximum absolute atomic E-state index is 14.3. The number of benzene rings is 2. The van der Waals surface area contributed by atoms with Crippen molar-refractivity contribution in [2.24, 2.45) is 0 Å². The van der Waals surface area contributed by atoms with Gasteiger partial charge in [0.1, 0.15) is 5.83 Å². The molecule has 1 heterocycles. The van der Waals surface area contributed by atoms with Crippen LogP contribution >= 0.6 is 0 Å². The van der Waals surface area contributed by atoms with Crippen LogP contribution in [0.4, 0.5) is 17.6 Å². The van der Waals surface area contributed by atoms with Crippen LogP contribution < -0.4 is 0 Å².